The molecule has 2 aromatic heterocycles. The molecule has 0 aromatic carbocycles. The number of fused-ring (bicyclic) bond motifs is 3. The van der Waals surface area contributed by atoms with Gasteiger partial charge >= 0.3 is 0 Å². The van der Waals surface area contributed by atoms with Gasteiger partial charge in [0, 0.05) is 17.5 Å². The van der Waals surface area contributed by atoms with Crippen LogP contribution in [-0.4, -0.2) is 15.0 Å². The summed E-state index contributed by atoms with van der Waals surface area (Å²) >= 11 is 0. The van der Waals surface area contributed by atoms with Gasteiger partial charge in [0.05, 0.1) is 24.1 Å². The molecule has 0 saturated heterocycles. The van der Waals surface area contributed by atoms with Gasteiger partial charge in [0.25, 0.3) is 0 Å². The van der Waals surface area contributed by atoms with E-state index in [1.165, 1.54) is 11.3 Å². The Morgan fingerprint density at radius 2 is 2.38 bits per heavy atom. The number of nitrogens with one attached hydrogen (secondary N) is 2. The molecule has 0 spiro atoms. The highest BCUT2D eigenvalue weighted by Gasteiger charge is 2.16. The second-order valence-corrected chi connectivity index (χ2v) is 3.01. The molecule has 0 unspecified atom stereocenters. The molecule has 0 radical (unpaired) electrons. The topological polar surface area (TPSA) is 53.6 Å². The Balaban J connectivity index is 2.30. The Morgan fingerprint density at radius 3 is 3.38 bits per heavy atom. The minimum atomic E-state index is 0.822. The summed E-state index contributed by atoms with van der Waals surface area (Å²) in [5.41, 5.74) is 4.36. The van der Waals surface area contributed by atoms with Gasteiger partial charge in [-0.1, -0.05) is 0 Å². The fourth-order valence-corrected chi connectivity index (χ4v) is 1.63. The molecule has 0 aliphatic carbocycles. The summed E-state index contributed by atoms with van der Waals surface area (Å²) in [5, 5.41) is 3.25. The Hall–Kier alpha value is -1.84. The second-order valence-electron chi connectivity index (χ2n) is 3.01. The molecule has 3 heterocycles. The molecule has 4 heteroatoms. The SMILES string of the molecule is c1ncc2c(n1)-c1cc[nH]c1CN2. The first-order chi connectivity index (χ1) is 6.45. The van der Waals surface area contributed by atoms with Crippen LogP contribution in [0.3, 0.4) is 0 Å². The van der Waals surface area contributed by atoms with E-state index in [1.807, 2.05) is 12.3 Å². The van der Waals surface area contributed by atoms with Crippen LogP contribution in [0.4, 0.5) is 5.69 Å². The predicted molar refractivity (Wildman–Crippen MR) is 49.1 cm³/mol. The van der Waals surface area contributed by atoms with Crippen molar-refractivity contribution in [1.29, 1.82) is 0 Å². The average molecular weight is 172 g/mol. The monoisotopic (exact) mass is 172 g/mol. The second kappa shape index (κ2) is 2.32. The molecule has 64 valence electrons. The summed E-state index contributed by atoms with van der Waals surface area (Å²) in [4.78, 5) is 11.4. The van der Waals surface area contributed by atoms with Crippen LogP contribution in [0.1, 0.15) is 5.69 Å². The first-order valence-electron chi connectivity index (χ1n) is 4.15. The number of nitrogens with zero attached hydrogens (tertiary/aromatic N) is 2. The summed E-state index contributed by atoms with van der Waals surface area (Å²) in [6, 6.07) is 2.04. The first kappa shape index (κ1) is 6.65. The third kappa shape index (κ3) is 0.853. The van der Waals surface area contributed by atoms with Crippen LogP contribution in [0.15, 0.2) is 24.8 Å². The van der Waals surface area contributed by atoms with Crippen molar-refractivity contribution in [2.45, 2.75) is 6.54 Å². The number of rotatable bonds is 0. The van der Waals surface area contributed by atoms with Crippen molar-refractivity contribution in [3.05, 3.63) is 30.5 Å². The maximum absolute atomic E-state index is 4.24. The number of aromatic nitrogens is 3. The number of H-pyrrole nitrogens is 1. The van der Waals surface area contributed by atoms with Gasteiger partial charge in [0.2, 0.25) is 0 Å². The molecule has 2 aromatic rings. The van der Waals surface area contributed by atoms with E-state index in [1.54, 1.807) is 12.5 Å². The van der Waals surface area contributed by atoms with E-state index in [0.29, 0.717) is 0 Å². The Morgan fingerprint density at radius 1 is 1.38 bits per heavy atom. The van der Waals surface area contributed by atoms with E-state index in [4.69, 9.17) is 0 Å². The molecular weight excluding hydrogens is 164 g/mol. The van der Waals surface area contributed by atoms with Crippen molar-refractivity contribution >= 4 is 5.69 Å². The largest absolute Gasteiger partial charge is 0.376 e. The van der Waals surface area contributed by atoms with Crippen LogP contribution in [0.2, 0.25) is 0 Å². The van der Waals surface area contributed by atoms with E-state index >= 15 is 0 Å². The van der Waals surface area contributed by atoms with Crippen LogP contribution in [0.25, 0.3) is 11.3 Å². The summed E-state index contributed by atoms with van der Waals surface area (Å²) in [6.45, 7) is 0.822. The molecule has 3 rings (SSSR count). The smallest absolute Gasteiger partial charge is 0.116 e. The summed E-state index contributed by atoms with van der Waals surface area (Å²) in [5.74, 6) is 0. The van der Waals surface area contributed by atoms with Crippen molar-refractivity contribution < 1.29 is 0 Å². The number of anilines is 1. The van der Waals surface area contributed by atoms with Gasteiger partial charge in [-0.2, -0.15) is 0 Å². The van der Waals surface area contributed by atoms with Crippen LogP contribution in [0, 0.1) is 0 Å². The van der Waals surface area contributed by atoms with Gasteiger partial charge in [0.15, 0.2) is 0 Å². The quantitative estimate of drug-likeness (QED) is 0.631. The van der Waals surface area contributed by atoms with E-state index in [0.717, 1.165) is 17.9 Å². The zero-order valence-electron chi connectivity index (χ0n) is 6.91. The summed E-state index contributed by atoms with van der Waals surface area (Å²) in [7, 11) is 0. The van der Waals surface area contributed by atoms with E-state index in [-0.39, 0.29) is 0 Å². The number of aromatic amines is 1. The van der Waals surface area contributed by atoms with E-state index in [9.17, 15) is 0 Å². The Kier molecular flexibility index (Phi) is 1.19. The molecular formula is C9H8N4. The Bertz CT molecular complexity index is 446. The first-order valence-corrected chi connectivity index (χ1v) is 4.15. The van der Waals surface area contributed by atoms with E-state index in [2.05, 4.69) is 20.3 Å². The van der Waals surface area contributed by atoms with Crippen molar-refractivity contribution in [3.8, 4) is 11.3 Å². The fourth-order valence-electron chi connectivity index (χ4n) is 1.63. The zero-order valence-corrected chi connectivity index (χ0v) is 6.91. The third-order valence-electron chi connectivity index (χ3n) is 2.26. The van der Waals surface area contributed by atoms with Crippen LogP contribution < -0.4 is 5.32 Å². The highest BCUT2D eigenvalue weighted by molar-refractivity contribution is 5.77. The van der Waals surface area contributed by atoms with Gasteiger partial charge in [0.1, 0.15) is 6.33 Å². The molecule has 2 N–H and O–H groups in total. The molecule has 0 atom stereocenters. The highest BCUT2D eigenvalue weighted by atomic mass is 15.0. The molecule has 0 bridgehead atoms. The summed E-state index contributed by atoms with van der Waals surface area (Å²) in [6.07, 6.45) is 5.31. The average Bonchev–Trinajstić information content (AvgIpc) is 2.65. The highest BCUT2D eigenvalue weighted by Crippen LogP contribution is 2.31. The predicted octanol–water partition coefficient (Wildman–Crippen LogP) is 1.40. The van der Waals surface area contributed by atoms with Gasteiger partial charge in [-0.3, -0.25) is 0 Å². The van der Waals surface area contributed by atoms with Gasteiger partial charge < -0.3 is 10.3 Å². The molecule has 1 aliphatic rings. The lowest BCUT2D eigenvalue weighted by Gasteiger charge is -2.16. The van der Waals surface area contributed by atoms with Gasteiger partial charge in [-0.25, -0.2) is 9.97 Å². The maximum atomic E-state index is 4.24. The maximum Gasteiger partial charge on any atom is 0.116 e. The molecule has 0 fully saturated rings. The van der Waals surface area contributed by atoms with E-state index < -0.39 is 0 Å². The minimum absolute atomic E-state index is 0.822. The van der Waals surface area contributed by atoms with Crippen LogP contribution >= 0.6 is 0 Å². The zero-order chi connectivity index (χ0) is 8.67. The molecule has 13 heavy (non-hydrogen) atoms. The number of hydrogen-bond donors (Lipinski definition) is 2. The van der Waals surface area contributed by atoms with Gasteiger partial charge in [-0.15, -0.1) is 0 Å². The normalized spacial score (nSPS) is 12.9. The van der Waals surface area contributed by atoms with Gasteiger partial charge in [-0.05, 0) is 6.07 Å². The lowest BCUT2D eigenvalue weighted by atomic mass is 10.1. The lowest BCUT2D eigenvalue weighted by molar-refractivity contribution is 1.03. The molecule has 4 nitrogen and oxygen atoms in total. The standard InChI is InChI=1S/C9H8N4/c1-2-11-7-4-12-8-3-10-5-13-9(8)6(1)7/h1-3,5,11-12H,4H2. The molecule has 1 aliphatic heterocycles. The van der Waals surface area contributed by atoms with Crippen molar-refractivity contribution in [2.24, 2.45) is 0 Å². The van der Waals surface area contributed by atoms with Crippen LogP contribution in [0.5, 0.6) is 0 Å². The van der Waals surface area contributed by atoms with Crippen molar-refractivity contribution in [2.75, 3.05) is 5.32 Å². The lowest BCUT2D eigenvalue weighted by Crippen LogP contribution is -2.09. The van der Waals surface area contributed by atoms with Crippen molar-refractivity contribution in [1.82, 2.24) is 15.0 Å². The minimum Gasteiger partial charge on any atom is -0.376 e. The molecule has 0 saturated carbocycles. The third-order valence-corrected chi connectivity index (χ3v) is 2.26. The number of hydrogen-bond acceptors (Lipinski definition) is 3. The Labute approximate surface area is 75.0 Å². The molecule has 0 amide bonds. The summed E-state index contributed by atoms with van der Waals surface area (Å²) < 4.78 is 0. The fraction of sp³-hybridized carbons (Fsp3) is 0.111. The van der Waals surface area contributed by atoms with Crippen LogP contribution in [-0.2, 0) is 6.54 Å². The van der Waals surface area contributed by atoms with Crippen molar-refractivity contribution in [3.63, 3.8) is 0 Å².